The number of hydrogen-bond acceptors (Lipinski definition) is 9. The quantitative estimate of drug-likeness (QED) is 0.112. The van der Waals surface area contributed by atoms with Crippen molar-refractivity contribution < 1.29 is 31.8 Å². The van der Waals surface area contributed by atoms with Gasteiger partial charge in [-0.3, -0.25) is 9.36 Å². The van der Waals surface area contributed by atoms with Gasteiger partial charge in [0.15, 0.2) is 19.7 Å². The van der Waals surface area contributed by atoms with Gasteiger partial charge < -0.3 is 14.9 Å². The highest BCUT2D eigenvalue weighted by atomic mass is 35.5. The first-order valence-corrected chi connectivity index (χ1v) is 24.2. The number of benzene rings is 2. The minimum absolute atomic E-state index is 0.00990. The number of aryl methyl sites for hydroxylation is 2. The van der Waals surface area contributed by atoms with Crippen LogP contribution < -0.4 is 10.3 Å². The van der Waals surface area contributed by atoms with Gasteiger partial charge in [0.2, 0.25) is 5.88 Å². The average Bonchev–Trinajstić information content (AvgIpc) is 3.93. The summed E-state index contributed by atoms with van der Waals surface area (Å²) in [4.78, 5) is 18.5. The molecule has 2 saturated carbocycles. The molecule has 1 atom stereocenters. The molecule has 316 valence electrons. The summed E-state index contributed by atoms with van der Waals surface area (Å²) in [7, 11) is -6.27. The average molecular weight is 884 g/mol. The van der Waals surface area contributed by atoms with Gasteiger partial charge in [0, 0.05) is 35.3 Å². The SMILES string of the molecule is COc1nc(/C(=C/C2CCCC2)c2ccc(S(=O)(=O)CCC(O)n3c(/C(=C/C4CCCC4)c4ccc(S(=O)(=O)CCCO)c(Cl)c4)ccc(C)c3=O)c(Cl)c2)ccc1C. The number of methoxy groups -OCH3 is 1. The molecule has 2 heterocycles. The smallest absolute Gasteiger partial charge is 0.256 e. The van der Waals surface area contributed by atoms with Crippen molar-refractivity contribution >= 4 is 54.0 Å². The van der Waals surface area contributed by atoms with Gasteiger partial charge >= 0.3 is 0 Å². The summed E-state index contributed by atoms with van der Waals surface area (Å²) < 4.78 is 60.6. The number of aliphatic hydroxyl groups is 2. The van der Waals surface area contributed by atoms with E-state index in [-0.39, 0.29) is 51.0 Å². The Labute approximate surface area is 357 Å². The van der Waals surface area contributed by atoms with E-state index in [4.69, 9.17) is 32.9 Å². The molecule has 2 fully saturated rings. The second-order valence-electron chi connectivity index (χ2n) is 15.6. The van der Waals surface area contributed by atoms with Crippen molar-refractivity contribution in [3.63, 3.8) is 0 Å². The number of aliphatic hydroxyl groups excluding tert-OH is 2. The van der Waals surface area contributed by atoms with Gasteiger partial charge in [-0.2, -0.15) is 0 Å². The highest BCUT2D eigenvalue weighted by molar-refractivity contribution is 7.91. The van der Waals surface area contributed by atoms with E-state index in [0.717, 1.165) is 62.5 Å². The first-order chi connectivity index (χ1) is 28.1. The second kappa shape index (κ2) is 19.3. The zero-order valence-corrected chi connectivity index (χ0v) is 36.8. The van der Waals surface area contributed by atoms with Crippen LogP contribution in [0.4, 0.5) is 0 Å². The molecule has 59 heavy (non-hydrogen) atoms. The Hall–Kier alpha value is -3.78. The molecule has 14 heteroatoms. The predicted molar refractivity (Wildman–Crippen MR) is 234 cm³/mol. The van der Waals surface area contributed by atoms with Crippen LogP contribution in [0, 0.1) is 25.7 Å². The Balaban J connectivity index is 1.31. The third-order valence-electron chi connectivity index (χ3n) is 11.4. The maximum absolute atomic E-state index is 14.0. The third-order valence-corrected chi connectivity index (χ3v) is 15.9. The highest BCUT2D eigenvalue weighted by Gasteiger charge is 2.27. The highest BCUT2D eigenvalue weighted by Crippen LogP contribution is 2.37. The molecule has 2 aliphatic carbocycles. The summed E-state index contributed by atoms with van der Waals surface area (Å²) in [5, 5.41) is 21.0. The van der Waals surface area contributed by atoms with Crippen LogP contribution in [-0.2, 0) is 19.7 Å². The number of sulfone groups is 2. The van der Waals surface area contributed by atoms with E-state index in [1.807, 2.05) is 25.1 Å². The first kappa shape index (κ1) is 44.8. The molecule has 0 radical (unpaired) electrons. The van der Waals surface area contributed by atoms with Crippen molar-refractivity contribution in [1.29, 1.82) is 0 Å². The molecule has 6 rings (SSSR count). The predicted octanol–water partition coefficient (Wildman–Crippen LogP) is 8.93. The Kier molecular flexibility index (Phi) is 14.6. The van der Waals surface area contributed by atoms with Crippen LogP contribution in [0.15, 0.2) is 87.4 Å². The summed E-state index contributed by atoms with van der Waals surface area (Å²) in [6.07, 6.45) is 10.7. The molecule has 2 aromatic carbocycles. The van der Waals surface area contributed by atoms with E-state index >= 15 is 0 Å². The number of rotatable bonds is 16. The van der Waals surface area contributed by atoms with Crippen LogP contribution in [0.25, 0.3) is 11.1 Å². The Morgan fingerprint density at radius 1 is 0.797 bits per heavy atom. The van der Waals surface area contributed by atoms with Gasteiger partial charge in [-0.05, 0) is 105 Å². The van der Waals surface area contributed by atoms with E-state index in [1.54, 1.807) is 44.4 Å². The Morgan fingerprint density at radius 2 is 1.32 bits per heavy atom. The van der Waals surface area contributed by atoms with Gasteiger partial charge in [-0.1, -0.05) is 85.3 Å². The maximum Gasteiger partial charge on any atom is 0.256 e. The van der Waals surface area contributed by atoms with Crippen molar-refractivity contribution in [2.75, 3.05) is 25.2 Å². The number of allylic oxidation sites excluding steroid dienone is 2. The summed E-state index contributed by atoms with van der Waals surface area (Å²) in [6.45, 7) is 3.26. The van der Waals surface area contributed by atoms with Crippen LogP contribution in [0.3, 0.4) is 0 Å². The van der Waals surface area contributed by atoms with Gasteiger partial charge in [-0.15, -0.1) is 0 Å². The number of nitrogens with zero attached hydrogens (tertiary/aromatic N) is 2. The number of pyridine rings is 2. The van der Waals surface area contributed by atoms with Gasteiger partial charge in [0.1, 0.15) is 6.23 Å². The van der Waals surface area contributed by atoms with Crippen molar-refractivity contribution in [3.8, 4) is 5.88 Å². The van der Waals surface area contributed by atoms with Crippen molar-refractivity contribution in [3.05, 3.63) is 127 Å². The van der Waals surface area contributed by atoms with Crippen LogP contribution in [-0.4, -0.2) is 61.8 Å². The lowest BCUT2D eigenvalue weighted by molar-refractivity contribution is 0.0957. The van der Waals surface area contributed by atoms with Crippen molar-refractivity contribution in [1.82, 2.24) is 9.55 Å². The number of halogens is 2. The van der Waals surface area contributed by atoms with Crippen molar-refractivity contribution in [2.24, 2.45) is 11.8 Å². The van der Waals surface area contributed by atoms with Gasteiger partial charge in [-0.25, -0.2) is 21.8 Å². The molecule has 0 aliphatic heterocycles. The van der Waals surface area contributed by atoms with Gasteiger partial charge in [0.05, 0.1) is 49.8 Å². The lowest BCUT2D eigenvalue weighted by Gasteiger charge is -2.23. The molecular formula is C45H52Cl2N2O8S2. The zero-order valence-electron chi connectivity index (χ0n) is 33.7. The standard InChI is InChI=1S/C45H52Cl2N2O8S2/c1-29-13-17-39(48-44(29)57-3)35(25-31-9-4-5-10-31)33-15-19-42(37(46)27-33)59(55,56)24-21-43(51)49-40(18-14-30(2)45(49)52)36(26-32-11-6-7-12-32)34-16-20-41(38(47)28-34)58(53,54)23-8-22-50/h13-20,25-28,31-32,43,50-51H,4-12,21-24H2,1-3H3/b35-25+,36-26+. The molecule has 4 aromatic rings. The van der Waals surface area contributed by atoms with E-state index in [9.17, 15) is 31.8 Å². The van der Waals surface area contributed by atoms with Crippen LogP contribution in [0.5, 0.6) is 5.88 Å². The van der Waals surface area contributed by atoms with E-state index in [0.29, 0.717) is 45.4 Å². The molecule has 0 amide bonds. The minimum Gasteiger partial charge on any atom is -0.481 e. The topological polar surface area (TPSA) is 153 Å². The first-order valence-electron chi connectivity index (χ1n) is 20.2. The molecule has 0 spiro atoms. The largest absolute Gasteiger partial charge is 0.481 e. The second-order valence-corrected chi connectivity index (χ2v) is 20.6. The fraction of sp³-hybridized carbons (Fsp3) is 0.422. The minimum atomic E-state index is -4.06. The molecule has 0 bridgehead atoms. The van der Waals surface area contributed by atoms with E-state index in [1.165, 1.54) is 22.8 Å². The molecule has 2 aliphatic rings. The van der Waals surface area contributed by atoms with Crippen LogP contribution in [0.2, 0.25) is 10.0 Å². The zero-order chi connectivity index (χ0) is 42.5. The molecule has 10 nitrogen and oxygen atoms in total. The molecule has 0 saturated heterocycles. The summed E-state index contributed by atoms with van der Waals surface area (Å²) in [6, 6.07) is 16.6. The molecule has 2 aromatic heterocycles. The molecule has 1 unspecified atom stereocenters. The fourth-order valence-corrected chi connectivity index (χ4v) is 11.9. The number of ether oxygens (including phenoxy) is 1. The van der Waals surface area contributed by atoms with E-state index < -0.39 is 37.2 Å². The normalized spacial score (nSPS) is 16.5. The molecule has 2 N–H and O–H groups in total. The van der Waals surface area contributed by atoms with Crippen molar-refractivity contribution in [2.45, 2.75) is 94.1 Å². The summed E-state index contributed by atoms with van der Waals surface area (Å²) in [5.41, 5.74) is 4.43. The lowest BCUT2D eigenvalue weighted by Crippen LogP contribution is -2.30. The number of hydrogen-bond donors (Lipinski definition) is 2. The number of aromatic nitrogens is 2. The molecular weight excluding hydrogens is 832 g/mol. The third kappa shape index (κ3) is 10.4. The summed E-state index contributed by atoms with van der Waals surface area (Å²) >= 11 is 13.4. The Morgan fingerprint density at radius 3 is 1.86 bits per heavy atom. The maximum atomic E-state index is 14.0. The van der Waals surface area contributed by atoms with E-state index in [2.05, 4.69) is 6.08 Å². The van der Waals surface area contributed by atoms with Crippen LogP contribution >= 0.6 is 23.2 Å². The van der Waals surface area contributed by atoms with Crippen LogP contribution in [0.1, 0.15) is 104 Å². The monoisotopic (exact) mass is 882 g/mol. The Bertz CT molecular complexity index is 2520. The van der Waals surface area contributed by atoms with Gasteiger partial charge in [0.25, 0.3) is 5.56 Å². The summed E-state index contributed by atoms with van der Waals surface area (Å²) in [5.74, 6) is 0.224. The lowest BCUT2D eigenvalue weighted by atomic mass is 9.95. The fourth-order valence-electron chi connectivity index (χ4n) is 8.12.